The van der Waals surface area contributed by atoms with Gasteiger partial charge >= 0.3 is 0 Å². The fourth-order valence-corrected chi connectivity index (χ4v) is 2.69. The summed E-state index contributed by atoms with van der Waals surface area (Å²) in [5.74, 6) is 0.487. The summed E-state index contributed by atoms with van der Waals surface area (Å²) < 4.78 is 11.0. The normalized spacial score (nSPS) is 16.8. The molecule has 1 aliphatic rings. The van der Waals surface area contributed by atoms with Crippen molar-refractivity contribution in [3.05, 3.63) is 22.6 Å². The number of carboxylic acid groups (broad SMARTS) is 1. The van der Waals surface area contributed by atoms with Gasteiger partial charge in [0, 0.05) is 12.0 Å². The average Bonchev–Trinajstić information content (AvgIpc) is 2.66. The van der Waals surface area contributed by atoms with Crippen LogP contribution in [0.3, 0.4) is 0 Å². The van der Waals surface area contributed by atoms with Crippen molar-refractivity contribution in [1.29, 1.82) is 0 Å². The summed E-state index contributed by atoms with van der Waals surface area (Å²) in [5, 5.41) is 11.5. The third-order valence-electron chi connectivity index (χ3n) is 3.71. The zero-order chi connectivity index (χ0) is 14.7. The Hall–Kier alpha value is -1.33. The van der Waals surface area contributed by atoms with Crippen LogP contribution in [0.15, 0.2) is 4.42 Å². The molecule has 0 saturated carbocycles. The number of ether oxygens (including phenoxy) is 1. The van der Waals surface area contributed by atoms with Crippen LogP contribution in [0.1, 0.15) is 41.3 Å². The maximum atomic E-state index is 11.5. The van der Waals surface area contributed by atoms with Gasteiger partial charge in [0.15, 0.2) is 0 Å². The standard InChI is InChI=1S/C15H23NO4/c1-10(2)8-13-14(15(17)18)12(11(3)20-13)9-16-4-6-19-7-5-16/h10H,4-9H2,1-3H3,(H,17,18). The Morgan fingerprint density at radius 2 is 2.00 bits per heavy atom. The van der Waals surface area contributed by atoms with Crippen molar-refractivity contribution in [3.8, 4) is 0 Å². The predicted molar refractivity (Wildman–Crippen MR) is 71.5 cm³/mol. The molecule has 1 aliphatic heterocycles. The minimum absolute atomic E-state index is 0.273. The molecule has 5 heteroatoms. The van der Waals surface area contributed by atoms with Crippen molar-refractivity contribution in [3.63, 3.8) is 0 Å². The number of rotatable bonds is 5. The van der Waals surface area contributed by atoms with Gasteiger partial charge in [-0.1, -0.05) is 13.8 Å². The molecule has 2 heterocycles. The third-order valence-corrected chi connectivity index (χ3v) is 3.71. The number of furan rings is 1. The van der Waals surface area contributed by atoms with Crippen LogP contribution in [0.4, 0.5) is 0 Å². The van der Waals surface area contributed by atoms with Gasteiger partial charge in [0.1, 0.15) is 31.2 Å². The molecule has 0 aliphatic carbocycles. The van der Waals surface area contributed by atoms with E-state index >= 15 is 0 Å². The van der Waals surface area contributed by atoms with Crippen LogP contribution in [0.2, 0.25) is 0 Å². The molecule has 1 aromatic rings. The van der Waals surface area contributed by atoms with E-state index < -0.39 is 5.97 Å². The van der Waals surface area contributed by atoms with E-state index in [1.54, 1.807) is 0 Å². The predicted octanol–water partition coefficient (Wildman–Crippen LogP) is -0.435. The molecular weight excluding hydrogens is 258 g/mol. The second kappa shape index (κ2) is 6.41. The summed E-state index contributed by atoms with van der Waals surface area (Å²) in [6.07, 6.45) is 0.628. The summed E-state index contributed by atoms with van der Waals surface area (Å²) in [5.41, 5.74) is 1.06. The van der Waals surface area contributed by atoms with E-state index in [4.69, 9.17) is 9.15 Å². The number of nitrogens with one attached hydrogen (secondary N) is 1. The van der Waals surface area contributed by atoms with Crippen LogP contribution in [-0.2, 0) is 17.7 Å². The highest BCUT2D eigenvalue weighted by Crippen LogP contribution is 2.24. The number of carbonyl (C=O) groups is 1. The molecule has 0 unspecified atom stereocenters. The molecule has 0 atom stereocenters. The van der Waals surface area contributed by atoms with Crippen molar-refractivity contribution in [2.75, 3.05) is 26.3 Å². The van der Waals surface area contributed by atoms with Gasteiger partial charge in [-0.25, -0.2) is 0 Å². The van der Waals surface area contributed by atoms with Crippen molar-refractivity contribution < 1.29 is 24.0 Å². The first kappa shape index (κ1) is 15.1. The Labute approximate surface area is 119 Å². The first-order valence-corrected chi connectivity index (χ1v) is 7.22. The number of hydrogen-bond acceptors (Lipinski definition) is 4. The summed E-state index contributed by atoms with van der Waals surface area (Å²) in [6, 6.07) is 0. The van der Waals surface area contributed by atoms with Crippen LogP contribution in [0.25, 0.3) is 0 Å². The molecule has 1 aromatic heterocycles. The van der Waals surface area contributed by atoms with Gasteiger partial charge in [-0.05, 0) is 12.8 Å². The third kappa shape index (κ3) is 3.41. The molecule has 0 bridgehead atoms. The van der Waals surface area contributed by atoms with Crippen LogP contribution in [-0.4, -0.2) is 32.3 Å². The fourth-order valence-electron chi connectivity index (χ4n) is 2.69. The van der Waals surface area contributed by atoms with Crippen LogP contribution in [0, 0.1) is 12.8 Å². The second-order valence-electron chi connectivity index (χ2n) is 5.86. The van der Waals surface area contributed by atoms with Gasteiger partial charge in [-0.3, -0.25) is 0 Å². The maximum absolute atomic E-state index is 11.5. The molecule has 0 spiro atoms. The number of aromatic carboxylic acids is 1. The molecule has 1 N–H and O–H groups in total. The zero-order valence-corrected chi connectivity index (χ0v) is 12.5. The van der Waals surface area contributed by atoms with E-state index in [1.807, 2.05) is 20.8 Å². The largest absolute Gasteiger partial charge is 0.545 e. The van der Waals surface area contributed by atoms with Crippen molar-refractivity contribution in [2.24, 2.45) is 5.92 Å². The lowest BCUT2D eigenvalue weighted by atomic mass is 10.0. The fraction of sp³-hybridized carbons (Fsp3) is 0.667. The summed E-state index contributed by atoms with van der Waals surface area (Å²) in [4.78, 5) is 12.8. The van der Waals surface area contributed by atoms with E-state index in [0.29, 0.717) is 30.4 Å². The Morgan fingerprint density at radius 3 is 2.55 bits per heavy atom. The Morgan fingerprint density at radius 1 is 1.35 bits per heavy atom. The minimum Gasteiger partial charge on any atom is -0.545 e. The highest BCUT2D eigenvalue weighted by molar-refractivity contribution is 5.89. The number of quaternary nitrogens is 1. The number of aryl methyl sites for hydroxylation is 1. The zero-order valence-electron chi connectivity index (χ0n) is 12.5. The Bertz CT molecular complexity index is 472. The molecule has 20 heavy (non-hydrogen) atoms. The van der Waals surface area contributed by atoms with E-state index in [1.165, 1.54) is 4.90 Å². The molecule has 1 fully saturated rings. The highest BCUT2D eigenvalue weighted by Gasteiger charge is 2.24. The molecule has 0 radical (unpaired) electrons. The molecule has 0 aromatic carbocycles. The van der Waals surface area contributed by atoms with Crippen LogP contribution in [0.5, 0.6) is 0 Å². The highest BCUT2D eigenvalue weighted by atomic mass is 16.5. The summed E-state index contributed by atoms with van der Waals surface area (Å²) >= 11 is 0. The monoisotopic (exact) mass is 281 g/mol. The lowest BCUT2D eigenvalue weighted by molar-refractivity contribution is -0.921. The lowest BCUT2D eigenvalue weighted by Crippen LogP contribution is -3.12. The van der Waals surface area contributed by atoms with E-state index in [9.17, 15) is 9.90 Å². The number of carbonyl (C=O) groups excluding carboxylic acids is 1. The first-order valence-electron chi connectivity index (χ1n) is 7.22. The Kier molecular flexibility index (Phi) is 4.83. The lowest BCUT2D eigenvalue weighted by Gasteiger charge is -2.24. The molecular formula is C15H23NO4. The SMILES string of the molecule is Cc1oc(CC(C)C)c(C(=O)[O-])c1C[NH+]1CCOCC1. The Balaban J connectivity index is 2.25. The van der Waals surface area contributed by atoms with E-state index in [-0.39, 0.29) is 5.56 Å². The number of carboxylic acids is 1. The quantitative estimate of drug-likeness (QED) is 0.795. The molecule has 2 rings (SSSR count). The van der Waals surface area contributed by atoms with Crippen molar-refractivity contribution in [1.82, 2.24) is 0 Å². The van der Waals surface area contributed by atoms with E-state index in [2.05, 4.69) is 0 Å². The van der Waals surface area contributed by atoms with Gasteiger partial charge < -0.3 is 24.0 Å². The smallest absolute Gasteiger partial charge is 0.113 e. The van der Waals surface area contributed by atoms with Gasteiger partial charge in [0.05, 0.1) is 24.7 Å². The van der Waals surface area contributed by atoms with Crippen molar-refractivity contribution in [2.45, 2.75) is 33.7 Å². The van der Waals surface area contributed by atoms with Gasteiger partial charge in [0.25, 0.3) is 0 Å². The van der Waals surface area contributed by atoms with Crippen molar-refractivity contribution >= 4 is 5.97 Å². The van der Waals surface area contributed by atoms with Gasteiger partial charge in [0.2, 0.25) is 0 Å². The molecule has 112 valence electrons. The first-order chi connectivity index (χ1) is 9.49. The van der Waals surface area contributed by atoms with Gasteiger partial charge in [-0.15, -0.1) is 0 Å². The second-order valence-corrected chi connectivity index (χ2v) is 5.86. The molecule has 5 nitrogen and oxygen atoms in total. The summed E-state index contributed by atoms with van der Waals surface area (Å²) in [6.45, 7) is 9.85. The van der Waals surface area contributed by atoms with Crippen LogP contribution < -0.4 is 10.0 Å². The minimum atomic E-state index is -1.12. The topological polar surface area (TPSA) is 66.9 Å². The number of morpholine rings is 1. The number of hydrogen-bond donors (Lipinski definition) is 1. The van der Waals surface area contributed by atoms with Gasteiger partial charge in [-0.2, -0.15) is 0 Å². The maximum Gasteiger partial charge on any atom is 0.113 e. The average molecular weight is 281 g/mol. The van der Waals surface area contributed by atoms with E-state index in [0.717, 1.165) is 31.9 Å². The molecule has 1 saturated heterocycles. The summed E-state index contributed by atoms with van der Waals surface area (Å²) in [7, 11) is 0. The molecule has 0 amide bonds. The van der Waals surface area contributed by atoms with Crippen LogP contribution >= 0.6 is 0 Å².